The standard InChI is InChI=1S/C12H14FN3O2/c1-7(2)16-11(17)5-9(12(16)18)15-10-4-3-8(13)6-14-10/h3-4,6-7,9H,5H2,1-2H3,(H,14,15). The van der Waals surface area contributed by atoms with Gasteiger partial charge in [-0.05, 0) is 26.0 Å². The summed E-state index contributed by atoms with van der Waals surface area (Å²) < 4.78 is 12.7. The third-order valence-electron chi connectivity index (χ3n) is 2.75. The van der Waals surface area contributed by atoms with Crippen LogP contribution in [0.25, 0.3) is 0 Å². The van der Waals surface area contributed by atoms with E-state index >= 15 is 0 Å². The van der Waals surface area contributed by atoms with Crippen LogP contribution >= 0.6 is 0 Å². The second kappa shape index (κ2) is 4.72. The molecule has 1 fully saturated rings. The van der Waals surface area contributed by atoms with Crippen molar-refractivity contribution in [3.05, 3.63) is 24.1 Å². The molecule has 0 spiro atoms. The first-order chi connectivity index (χ1) is 8.49. The molecule has 1 aromatic rings. The summed E-state index contributed by atoms with van der Waals surface area (Å²) in [7, 11) is 0. The number of carbonyl (C=O) groups excluding carboxylic acids is 2. The number of hydrogen-bond donors (Lipinski definition) is 1. The number of aromatic nitrogens is 1. The maximum Gasteiger partial charge on any atom is 0.252 e. The van der Waals surface area contributed by atoms with Gasteiger partial charge in [-0.3, -0.25) is 14.5 Å². The largest absolute Gasteiger partial charge is 0.358 e. The molecule has 2 rings (SSSR count). The number of likely N-dealkylation sites (tertiary alicyclic amines) is 1. The van der Waals surface area contributed by atoms with Crippen molar-refractivity contribution in [2.45, 2.75) is 32.4 Å². The van der Waals surface area contributed by atoms with Gasteiger partial charge < -0.3 is 5.32 Å². The molecule has 0 aliphatic carbocycles. The predicted molar refractivity (Wildman–Crippen MR) is 63.2 cm³/mol. The van der Waals surface area contributed by atoms with Crippen molar-refractivity contribution in [1.82, 2.24) is 9.88 Å². The molecule has 2 heterocycles. The molecular weight excluding hydrogens is 237 g/mol. The second-order valence-corrected chi connectivity index (χ2v) is 4.46. The van der Waals surface area contributed by atoms with E-state index in [-0.39, 0.29) is 24.3 Å². The van der Waals surface area contributed by atoms with E-state index in [1.54, 1.807) is 13.8 Å². The number of pyridine rings is 1. The number of anilines is 1. The van der Waals surface area contributed by atoms with Gasteiger partial charge in [0.2, 0.25) is 5.91 Å². The zero-order valence-corrected chi connectivity index (χ0v) is 10.2. The first kappa shape index (κ1) is 12.5. The Morgan fingerprint density at radius 3 is 2.67 bits per heavy atom. The van der Waals surface area contributed by atoms with Crippen molar-refractivity contribution >= 4 is 17.6 Å². The summed E-state index contributed by atoms with van der Waals surface area (Å²) >= 11 is 0. The molecule has 1 aromatic heterocycles. The molecule has 96 valence electrons. The molecule has 1 atom stereocenters. The number of nitrogens with zero attached hydrogens (tertiary/aromatic N) is 2. The highest BCUT2D eigenvalue weighted by Gasteiger charge is 2.39. The number of imide groups is 1. The van der Waals surface area contributed by atoms with Crippen LogP contribution in [-0.4, -0.2) is 33.8 Å². The van der Waals surface area contributed by atoms with Crippen LogP contribution in [-0.2, 0) is 9.59 Å². The van der Waals surface area contributed by atoms with Crippen LogP contribution in [0.4, 0.5) is 10.2 Å². The van der Waals surface area contributed by atoms with Crippen molar-refractivity contribution in [3.63, 3.8) is 0 Å². The monoisotopic (exact) mass is 251 g/mol. The predicted octanol–water partition coefficient (Wildman–Crippen LogP) is 1.17. The lowest BCUT2D eigenvalue weighted by atomic mass is 10.2. The Labute approximate surface area is 104 Å². The molecule has 0 saturated carbocycles. The summed E-state index contributed by atoms with van der Waals surface area (Å²) in [5.74, 6) is -0.526. The molecule has 0 radical (unpaired) electrons. The fourth-order valence-corrected chi connectivity index (χ4v) is 1.95. The van der Waals surface area contributed by atoms with Crippen LogP contribution in [0.2, 0.25) is 0 Å². The SMILES string of the molecule is CC(C)N1C(=O)CC(Nc2ccc(F)cn2)C1=O. The van der Waals surface area contributed by atoms with E-state index in [0.29, 0.717) is 5.82 Å². The maximum atomic E-state index is 12.7. The van der Waals surface area contributed by atoms with Gasteiger partial charge in [-0.25, -0.2) is 9.37 Å². The highest BCUT2D eigenvalue weighted by molar-refractivity contribution is 6.07. The molecular formula is C12H14FN3O2. The summed E-state index contributed by atoms with van der Waals surface area (Å²) in [4.78, 5) is 28.7. The summed E-state index contributed by atoms with van der Waals surface area (Å²) in [5, 5.41) is 2.84. The van der Waals surface area contributed by atoms with Gasteiger partial charge >= 0.3 is 0 Å². The lowest BCUT2D eigenvalue weighted by Gasteiger charge is -2.19. The molecule has 1 unspecified atom stereocenters. The fourth-order valence-electron chi connectivity index (χ4n) is 1.95. The van der Waals surface area contributed by atoms with Gasteiger partial charge in [0.1, 0.15) is 17.7 Å². The Balaban J connectivity index is 2.10. The van der Waals surface area contributed by atoms with Gasteiger partial charge in [0.15, 0.2) is 0 Å². The van der Waals surface area contributed by atoms with E-state index < -0.39 is 11.9 Å². The number of rotatable bonds is 3. The van der Waals surface area contributed by atoms with Crippen LogP contribution in [0.15, 0.2) is 18.3 Å². The third kappa shape index (κ3) is 2.32. The zero-order valence-electron chi connectivity index (χ0n) is 10.2. The van der Waals surface area contributed by atoms with Crippen LogP contribution in [0.3, 0.4) is 0 Å². The quantitative estimate of drug-likeness (QED) is 0.819. The number of carbonyl (C=O) groups is 2. The highest BCUT2D eigenvalue weighted by Crippen LogP contribution is 2.19. The van der Waals surface area contributed by atoms with Crippen molar-refractivity contribution < 1.29 is 14.0 Å². The van der Waals surface area contributed by atoms with E-state index in [0.717, 1.165) is 6.20 Å². The normalized spacial score (nSPS) is 19.8. The number of nitrogens with one attached hydrogen (secondary N) is 1. The minimum atomic E-state index is -0.613. The second-order valence-electron chi connectivity index (χ2n) is 4.46. The van der Waals surface area contributed by atoms with Gasteiger partial charge in [0.25, 0.3) is 5.91 Å². The van der Waals surface area contributed by atoms with Gasteiger partial charge in [0, 0.05) is 6.04 Å². The Morgan fingerprint density at radius 1 is 1.44 bits per heavy atom. The fraction of sp³-hybridized carbons (Fsp3) is 0.417. The molecule has 0 aromatic carbocycles. The number of hydrogen-bond acceptors (Lipinski definition) is 4. The van der Waals surface area contributed by atoms with E-state index in [9.17, 15) is 14.0 Å². The average molecular weight is 251 g/mol. The Morgan fingerprint density at radius 2 is 2.17 bits per heavy atom. The first-order valence-electron chi connectivity index (χ1n) is 5.73. The van der Waals surface area contributed by atoms with E-state index in [4.69, 9.17) is 0 Å². The average Bonchev–Trinajstić information content (AvgIpc) is 2.57. The maximum absolute atomic E-state index is 12.7. The molecule has 1 N–H and O–H groups in total. The molecule has 1 aliphatic rings. The number of amides is 2. The summed E-state index contributed by atoms with van der Waals surface area (Å²) in [5.41, 5.74) is 0. The van der Waals surface area contributed by atoms with Crippen LogP contribution in [0.5, 0.6) is 0 Å². The Kier molecular flexibility index (Phi) is 3.27. The van der Waals surface area contributed by atoms with E-state index in [1.165, 1.54) is 17.0 Å². The van der Waals surface area contributed by atoms with Gasteiger partial charge in [-0.1, -0.05) is 0 Å². The van der Waals surface area contributed by atoms with Crippen molar-refractivity contribution in [2.24, 2.45) is 0 Å². The molecule has 0 bridgehead atoms. The molecule has 2 amide bonds. The number of halogens is 1. The van der Waals surface area contributed by atoms with Crippen molar-refractivity contribution in [3.8, 4) is 0 Å². The minimum absolute atomic E-state index is 0.107. The van der Waals surface area contributed by atoms with Gasteiger partial charge in [-0.15, -0.1) is 0 Å². The summed E-state index contributed by atoms with van der Waals surface area (Å²) in [6.07, 6.45) is 1.17. The van der Waals surface area contributed by atoms with Gasteiger partial charge in [0.05, 0.1) is 12.6 Å². The Hall–Kier alpha value is -1.98. The molecule has 6 heteroatoms. The molecule has 18 heavy (non-hydrogen) atoms. The summed E-state index contributed by atoms with van der Waals surface area (Å²) in [6.45, 7) is 3.57. The van der Waals surface area contributed by atoms with Crippen LogP contribution in [0.1, 0.15) is 20.3 Å². The van der Waals surface area contributed by atoms with Crippen molar-refractivity contribution in [1.29, 1.82) is 0 Å². The van der Waals surface area contributed by atoms with E-state index in [1.807, 2.05) is 0 Å². The smallest absolute Gasteiger partial charge is 0.252 e. The minimum Gasteiger partial charge on any atom is -0.358 e. The molecule has 1 aliphatic heterocycles. The lowest BCUT2D eigenvalue weighted by Crippen LogP contribution is -2.39. The summed E-state index contributed by atoms with van der Waals surface area (Å²) in [6, 6.07) is 1.91. The first-order valence-corrected chi connectivity index (χ1v) is 5.73. The zero-order chi connectivity index (χ0) is 13.3. The molecule has 1 saturated heterocycles. The molecule has 5 nitrogen and oxygen atoms in total. The van der Waals surface area contributed by atoms with Crippen molar-refractivity contribution in [2.75, 3.05) is 5.32 Å². The van der Waals surface area contributed by atoms with Gasteiger partial charge in [-0.2, -0.15) is 0 Å². The highest BCUT2D eigenvalue weighted by atomic mass is 19.1. The van der Waals surface area contributed by atoms with Crippen LogP contribution in [0, 0.1) is 5.82 Å². The topological polar surface area (TPSA) is 62.3 Å². The van der Waals surface area contributed by atoms with E-state index in [2.05, 4.69) is 10.3 Å². The van der Waals surface area contributed by atoms with Crippen LogP contribution < -0.4 is 5.32 Å². The third-order valence-corrected chi connectivity index (χ3v) is 2.75. The lowest BCUT2D eigenvalue weighted by molar-refractivity contribution is -0.140. The Bertz CT molecular complexity index is 473.